The summed E-state index contributed by atoms with van der Waals surface area (Å²) in [6, 6.07) is 5.67. The van der Waals surface area contributed by atoms with Gasteiger partial charge in [-0.2, -0.15) is 0 Å². The van der Waals surface area contributed by atoms with Gasteiger partial charge in [-0.3, -0.25) is 0 Å². The molecule has 3 aliphatic rings. The molecule has 3 saturated carbocycles. The third-order valence-corrected chi connectivity index (χ3v) is 7.34. The summed E-state index contributed by atoms with van der Waals surface area (Å²) in [5.41, 5.74) is 7.44. The van der Waals surface area contributed by atoms with Crippen LogP contribution in [0.4, 0.5) is 5.13 Å². The van der Waals surface area contributed by atoms with Crippen molar-refractivity contribution in [1.82, 2.24) is 10.3 Å². The Labute approximate surface area is 164 Å². The van der Waals surface area contributed by atoms with Crippen molar-refractivity contribution in [3.05, 3.63) is 23.8 Å². The fourth-order valence-electron chi connectivity index (χ4n) is 4.48. The summed E-state index contributed by atoms with van der Waals surface area (Å²) in [5, 5.41) is 18.2. The average molecular weight is 386 g/mol. The molecule has 2 unspecified atom stereocenters. The molecule has 5 N–H and O–H groups in total. The number of thiocarbonyl (C=S) groups is 1. The Hall–Kier alpha value is -1.22. The highest BCUT2D eigenvalue weighted by molar-refractivity contribution is 7.80. The van der Waals surface area contributed by atoms with E-state index in [0.29, 0.717) is 11.7 Å². The van der Waals surface area contributed by atoms with Crippen molar-refractivity contribution in [2.24, 2.45) is 11.7 Å². The number of para-hydroxylation sites is 1. The zero-order valence-electron chi connectivity index (χ0n) is 14.8. The lowest BCUT2D eigenvalue weighted by molar-refractivity contribution is -0.104. The minimum absolute atomic E-state index is 0.170. The topological polar surface area (TPSA) is 83.2 Å². The normalized spacial score (nSPS) is 33.3. The van der Waals surface area contributed by atoms with Gasteiger partial charge in [0.2, 0.25) is 0 Å². The summed E-state index contributed by atoms with van der Waals surface area (Å²) in [4.78, 5) is 4.60. The summed E-state index contributed by atoms with van der Waals surface area (Å²) in [6.45, 7) is 2.34. The second-order valence-corrected chi connectivity index (χ2v) is 9.16. The fourth-order valence-corrected chi connectivity index (χ4v) is 5.66. The van der Waals surface area contributed by atoms with Crippen LogP contribution in [-0.2, 0) is 0 Å². The van der Waals surface area contributed by atoms with Gasteiger partial charge in [-0.05, 0) is 54.8 Å². The van der Waals surface area contributed by atoms with Gasteiger partial charge in [-0.15, -0.1) is 0 Å². The van der Waals surface area contributed by atoms with Gasteiger partial charge in [0.05, 0.1) is 23.7 Å². The summed E-state index contributed by atoms with van der Waals surface area (Å²) in [6.07, 6.45) is 3.60. The molecular formula is C18H23BN4OS2. The summed E-state index contributed by atoms with van der Waals surface area (Å²) in [7, 11) is 6.43. The highest BCUT2D eigenvalue weighted by atomic mass is 32.1. The third kappa shape index (κ3) is 2.93. The molecule has 0 aliphatic heterocycles. The molecule has 0 amide bonds. The largest absolute Gasteiger partial charge is 0.386 e. The number of fused-ring (bicyclic) bond motifs is 4. The van der Waals surface area contributed by atoms with Crippen molar-refractivity contribution in [3.63, 3.8) is 0 Å². The molecule has 26 heavy (non-hydrogen) atoms. The lowest BCUT2D eigenvalue weighted by Gasteiger charge is -2.59. The quantitative estimate of drug-likeness (QED) is 0.479. The maximum atomic E-state index is 11.2. The smallest absolute Gasteiger partial charge is 0.190 e. The first kappa shape index (κ1) is 18.2. The monoisotopic (exact) mass is 386 g/mol. The van der Waals surface area contributed by atoms with Crippen LogP contribution in [0, 0.1) is 12.8 Å². The van der Waals surface area contributed by atoms with Gasteiger partial charge in [0.1, 0.15) is 0 Å². The van der Waals surface area contributed by atoms with E-state index >= 15 is 0 Å². The van der Waals surface area contributed by atoms with Gasteiger partial charge in [0, 0.05) is 12.6 Å². The van der Waals surface area contributed by atoms with E-state index in [4.69, 9.17) is 25.8 Å². The summed E-state index contributed by atoms with van der Waals surface area (Å²) in [5.74, 6) is 0.170. The molecule has 1 aromatic heterocycles. The minimum atomic E-state index is -1.03. The number of thiazole rings is 1. The van der Waals surface area contributed by atoms with Crippen LogP contribution in [0.15, 0.2) is 18.2 Å². The first-order valence-electron chi connectivity index (χ1n) is 9.00. The van der Waals surface area contributed by atoms with E-state index in [9.17, 15) is 5.11 Å². The molecular weight excluding hydrogens is 363 g/mol. The Balaban J connectivity index is 1.43. The number of nitrogens with one attached hydrogen (secondary N) is 2. The van der Waals surface area contributed by atoms with Crippen molar-refractivity contribution >= 4 is 51.9 Å². The van der Waals surface area contributed by atoms with E-state index in [2.05, 4.69) is 15.6 Å². The highest BCUT2D eigenvalue weighted by Crippen LogP contribution is 2.56. The van der Waals surface area contributed by atoms with Gasteiger partial charge < -0.3 is 21.5 Å². The molecule has 3 fully saturated rings. The van der Waals surface area contributed by atoms with Crippen LogP contribution in [0.5, 0.6) is 0 Å². The Morgan fingerprint density at radius 3 is 2.88 bits per heavy atom. The Morgan fingerprint density at radius 2 is 2.19 bits per heavy atom. The molecule has 1 aromatic carbocycles. The van der Waals surface area contributed by atoms with Crippen LogP contribution in [0.2, 0.25) is 5.31 Å². The number of hydrogen-bond acceptors (Lipinski definition) is 5. The van der Waals surface area contributed by atoms with E-state index < -0.39 is 17.0 Å². The lowest BCUT2D eigenvalue weighted by Crippen LogP contribution is -2.68. The molecule has 2 radical (unpaired) electrons. The molecule has 5 nitrogen and oxygen atoms in total. The zero-order chi connectivity index (χ0) is 18.5. The van der Waals surface area contributed by atoms with E-state index in [0.717, 1.165) is 46.6 Å². The fraction of sp³-hybridized carbons (Fsp3) is 0.556. The number of aryl methyl sites for hydroxylation is 1. The second-order valence-electron chi connectivity index (χ2n) is 7.72. The Morgan fingerprint density at radius 1 is 1.46 bits per heavy atom. The average Bonchev–Trinajstić information content (AvgIpc) is 3.02. The predicted octanol–water partition coefficient (Wildman–Crippen LogP) is 2.48. The van der Waals surface area contributed by atoms with Crippen molar-refractivity contribution in [1.29, 1.82) is 0 Å². The maximum absolute atomic E-state index is 11.2. The van der Waals surface area contributed by atoms with Crippen molar-refractivity contribution in [2.45, 2.75) is 49.6 Å². The summed E-state index contributed by atoms with van der Waals surface area (Å²) >= 11 is 6.96. The van der Waals surface area contributed by atoms with Crippen LogP contribution in [0.3, 0.4) is 0 Å². The predicted molar refractivity (Wildman–Crippen MR) is 112 cm³/mol. The number of rotatable bonds is 3. The minimum Gasteiger partial charge on any atom is -0.386 e. The number of nitrogens with two attached hydrogens (primary N) is 1. The molecule has 3 aliphatic carbocycles. The lowest BCUT2D eigenvalue weighted by atomic mass is 9.44. The van der Waals surface area contributed by atoms with Crippen molar-refractivity contribution < 1.29 is 5.11 Å². The van der Waals surface area contributed by atoms with Gasteiger partial charge in [-0.1, -0.05) is 36.3 Å². The zero-order valence-corrected chi connectivity index (χ0v) is 16.4. The molecule has 0 saturated heterocycles. The Bertz CT molecular complexity index is 849. The Kier molecular flexibility index (Phi) is 4.50. The number of nitrogens with zero attached hydrogens (tertiary/aromatic N) is 1. The van der Waals surface area contributed by atoms with Crippen LogP contribution in [-0.4, -0.2) is 41.2 Å². The van der Waals surface area contributed by atoms with E-state index in [1.54, 1.807) is 11.3 Å². The first-order chi connectivity index (χ1) is 12.3. The molecule has 2 bridgehead atoms. The van der Waals surface area contributed by atoms with Crippen LogP contribution in [0.1, 0.15) is 31.2 Å². The molecule has 8 heteroatoms. The van der Waals surface area contributed by atoms with E-state index in [1.807, 2.05) is 25.1 Å². The highest BCUT2D eigenvalue weighted by Gasteiger charge is 2.56. The standard InChI is InChI=1S/C18H23BN4OS2/c1-10-3-2-4-12-13(10)22-16(26-12)23-15(25)21-9-18(24)11-5-7-17(19,8-6-11)14(18)20/h2-4,11,14,24H,5-9,20H2,1H3,(H2,21,22,23,25). The van der Waals surface area contributed by atoms with Crippen molar-refractivity contribution in [3.8, 4) is 0 Å². The molecule has 2 atom stereocenters. The number of aromatic nitrogens is 1. The number of anilines is 1. The van der Waals surface area contributed by atoms with Gasteiger partial charge in [0.15, 0.2) is 10.2 Å². The van der Waals surface area contributed by atoms with Crippen LogP contribution < -0.4 is 16.4 Å². The number of hydrogen-bond donors (Lipinski definition) is 4. The maximum Gasteiger partial charge on any atom is 0.190 e. The van der Waals surface area contributed by atoms with Crippen LogP contribution >= 0.6 is 23.6 Å². The molecule has 1 heterocycles. The van der Waals surface area contributed by atoms with E-state index in [-0.39, 0.29) is 5.92 Å². The second kappa shape index (κ2) is 6.44. The number of benzene rings is 1. The number of aliphatic hydroxyl groups is 1. The molecule has 5 rings (SSSR count). The van der Waals surface area contributed by atoms with Gasteiger partial charge >= 0.3 is 0 Å². The van der Waals surface area contributed by atoms with Crippen LogP contribution in [0.25, 0.3) is 10.2 Å². The van der Waals surface area contributed by atoms with Gasteiger partial charge in [-0.25, -0.2) is 4.98 Å². The third-order valence-electron chi connectivity index (χ3n) is 6.15. The molecule has 2 aromatic rings. The van der Waals surface area contributed by atoms with E-state index in [1.165, 1.54) is 0 Å². The molecule has 0 spiro atoms. The SMILES string of the molecule is [B]C12CCC(CC1)C(O)(CNC(=S)Nc1nc3c(C)cccc3s1)C2N. The van der Waals surface area contributed by atoms with Crippen molar-refractivity contribution in [2.75, 3.05) is 11.9 Å². The van der Waals surface area contributed by atoms with Gasteiger partial charge in [0.25, 0.3) is 0 Å². The molecule has 136 valence electrons. The first-order valence-corrected chi connectivity index (χ1v) is 10.2. The summed E-state index contributed by atoms with van der Waals surface area (Å²) < 4.78 is 1.12.